The molecule has 1 atom stereocenters. The van der Waals surface area contributed by atoms with Crippen molar-refractivity contribution < 1.29 is 4.42 Å². The van der Waals surface area contributed by atoms with Crippen molar-refractivity contribution in [1.29, 1.82) is 0 Å². The van der Waals surface area contributed by atoms with E-state index in [9.17, 15) is 0 Å². The fourth-order valence-corrected chi connectivity index (χ4v) is 4.01. The van der Waals surface area contributed by atoms with Crippen molar-refractivity contribution in [3.8, 4) is 0 Å². The predicted molar refractivity (Wildman–Crippen MR) is 107 cm³/mol. The van der Waals surface area contributed by atoms with E-state index in [0.29, 0.717) is 5.71 Å². The average Bonchev–Trinajstić information content (AvgIpc) is 3.16. The minimum absolute atomic E-state index is 0.0748. The molecule has 2 radical (unpaired) electrons. The molecular weight excluding hydrogens is 337 g/mol. The summed E-state index contributed by atoms with van der Waals surface area (Å²) in [7, 11) is 6.46. The molecule has 1 aliphatic rings. The van der Waals surface area contributed by atoms with Crippen LogP contribution in [0.5, 0.6) is 0 Å². The van der Waals surface area contributed by atoms with Crippen molar-refractivity contribution in [2.45, 2.75) is 32.4 Å². The van der Waals surface area contributed by atoms with Crippen molar-refractivity contribution >= 4 is 47.2 Å². The van der Waals surface area contributed by atoms with Crippen molar-refractivity contribution in [2.75, 3.05) is 9.80 Å². The predicted octanol–water partition coefficient (Wildman–Crippen LogP) is 3.98. The molecule has 0 saturated carbocycles. The van der Waals surface area contributed by atoms with E-state index in [-0.39, 0.29) is 6.17 Å². The molecule has 0 N–H and O–H groups in total. The summed E-state index contributed by atoms with van der Waals surface area (Å²) < 4.78 is 6.13. The lowest BCUT2D eigenvalue weighted by Crippen LogP contribution is -2.51. The number of fused-ring (bicyclic) bond motifs is 4. The van der Waals surface area contributed by atoms with E-state index in [2.05, 4.69) is 37.7 Å². The minimum Gasteiger partial charge on any atom is -0.436 e. The van der Waals surface area contributed by atoms with Gasteiger partial charge in [-0.05, 0) is 30.6 Å². The number of hydrogen-bond acceptors (Lipinski definition) is 6. The van der Waals surface area contributed by atoms with Gasteiger partial charge in [-0.3, -0.25) is 4.90 Å². The maximum absolute atomic E-state index is 6.46. The Hall–Kier alpha value is -3.09. The zero-order chi connectivity index (χ0) is 18.8. The van der Waals surface area contributed by atoms with Gasteiger partial charge in [0.2, 0.25) is 5.71 Å². The standard InChI is InChI=1S/C20H18BN5O/c1-12-25(17-18(23-11-10-22-17)26(12)20(2,3)21)15-8-4-6-13-14-7-5-9-24-19(14)27-16(13)15/h4-12H,1-3H3. The molecule has 6 nitrogen and oxygen atoms in total. The van der Waals surface area contributed by atoms with E-state index in [1.807, 2.05) is 38.1 Å². The van der Waals surface area contributed by atoms with E-state index in [0.717, 1.165) is 33.7 Å². The number of rotatable bonds is 2. The number of hydrogen-bond donors (Lipinski definition) is 0. The lowest BCUT2D eigenvalue weighted by molar-refractivity contribution is 0.555. The molecule has 132 valence electrons. The van der Waals surface area contributed by atoms with Crippen LogP contribution in [-0.2, 0) is 0 Å². The van der Waals surface area contributed by atoms with Gasteiger partial charge >= 0.3 is 0 Å². The molecule has 0 fully saturated rings. The maximum Gasteiger partial charge on any atom is 0.227 e. The molecule has 1 aliphatic heterocycles. The Labute approximate surface area is 158 Å². The first-order valence-corrected chi connectivity index (χ1v) is 8.91. The molecule has 1 aromatic carbocycles. The molecule has 7 heteroatoms. The average molecular weight is 355 g/mol. The van der Waals surface area contributed by atoms with E-state index in [1.54, 1.807) is 18.6 Å². The fourth-order valence-electron chi connectivity index (χ4n) is 4.01. The molecule has 0 aliphatic carbocycles. The normalized spacial score (nSPS) is 17.1. The van der Waals surface area contributed by atoms with Crippen molar-refractivity contribution in [3.05, 3.63) is 48.9 Å². The van der Waals surface area contributed by atoms with Crippen LogP contribution in [0.3, 0.4) is 0 Å². The number of anilines is 3. The number of aromatic nitrogens is 3. The largest absolute Gasteiger partial charge is 0.436 e. The van der Waals surface area contributed by atoms with Crippen LogP contribution < -0.4 is 9.80 Å². The van der Waals surface area contributed by atoms with E-state index in [4.69, 9.17) is 12.3 Å². The second-order valence-electron chi connectivity index (χ2n) is 7.34. The van der Waals surface area contributed by atoms with Gasteiger partial charge in [0.1, 0.15) is 14.0 Å². The summed E-state index contributed by atoms with van der Waals surface area (Å²) in [5.74, 6) is 1.54. The first kappa shape index (κ1) is 16.1. The van der Waals surface area contributed by atoms with E-state index >= 15 is 0 Å². The van der Waals surface area contributed by atoms with Crippen LogP contribution in [0.15, 0.2) is 53.3 Å². The summed E-state index contributed by atoms with van der Waals surface area (Å²) in [5, 5.41) is 2.02. The molecule has 3 aromatic heterocycles. The Morgan fingerprint density at radius 1 is 0.963 bits per heavy atom. The quantitative estimate of drug-likeness (QED) is 0.507. The second-order valence-corrected chi connectivity index (χ2v) is 7.34. The molecule has 1 unspecified atom stereocenters. The van der Waals surface area contributed by atoms with Crippen LogP contribution in [0.25, 0.3) is 22.1 Å². The van der Waals surface area contributed by atoms with Gasteiger partial charge in [0.15, 0.2) is 17.2 Å². The monoisotopic (exact) mass is 355 g/mol. The molecule has 0 bridgehead atoms. The Morgan fingerprint density at radius 2 is 1.70 bits per heavy atom. The topological polar surface area (TPSA) is 58.3 Å². The highest BCUT2D eigenvalue weighted by molar-refractivity contribution is 6.17. The van der Waals surface area contributed by atoms with E-state index in [1.165, 1.54) is 0 Å². The first-order valence-electron chi connectivity index (χ1n) is 8.91. The lowest BCUT2D eigenvalue weighted by Gasteiger charge is -2.39. The number of para-hydroxylation sites is 1. The summed E-state index contributed by atoms with van der Waals surface area (Å²) in [5.41, 5.74) is 1.74. The number of furan rings is 1. The van der Waals surface area contributed by atoms with Crippen LogP contribution in [0.1, 0.15) is 20.8 Å². The molecule has 4 heterocycles. The highest BCUT2D eigenvalue weighted by Gasteiger charge is 2.42. The zero-order valence-electron chi connectivity index (χ0n) is 15.4. The van der Waals surface area contributed by atoms with Crippen molar-refractivity contribution in [2.24, 2.45) is 0 Å². The Kier molecular flexibility index (Phi) is 3.26. The maximum atomic E-state index is 6.46. The van der Waals surface area contributed by atoms with Crippen LogP contribution in [-0.4, -0.2) is 34.4 Å². The van der Waals surface area contributed by atoms with Gasteiger partial charge in [0, 0.05) is 29.4 Å². The van der Waals surface area contributed by atoms with Crippen LogP contribution in [0, 0.1) is 0 Å². The molecule has 0 saturated heterocycles. The third kappa shape index (κ3) is 2.24. The Morgan fingerprint density at radius 3 is 2.48 bits per heavy atom. The van der Waals surface area contributed by atoms with Gasteiger partial charge in [-0.1, -0.05) is 26.0 Å². The second kappa shape index (κ2) is 5.46. The van der Waals surface area contributed by atoms with Gasteiger partial charge in [0.05, 0.1) is 5.69 Å². The molecule has 27 heavy (non-hydrogen) atoms. The van der Waals surface area contributed by atoms with Crippen LogP contribution >= 0.6 is 0 Å². The molecular formula is C20H18BN5O. The number of benzene rings is 1. The molecule has 0 amide bonds. The van der Waals surface area contributed by atoms with Crippen molar-refractivity contribution in [1.82, 2.24) is 15.0 Å². The smallest absolute Gasteiger partial charge is 0.227 e. The zero-order valence-corrected chi connectivity index (χ0v) is 15.4. The SMILES string of the molecule is [B]C(C)(C)N1c2nccnc2N(c2cccc3c2oc2ncccc23)C1C. The van der Waals surface area contributed by atoms with Gasteiger partial charge < -0.3 is 9.32 Å². The number of pyridine rings is 1. The lowest BCUT2D eigenvalue weighted by atomic mass is 9.80. The highest BCUT2D eigenvalue weighted by Crippen LogP contribution is 2.46. The molecule has 0 spiro atoms. The van der Waals surface area contributed by atoms with Gasteiger partial charge in [-0.15, -0.1) is 0 Å². The van der Waals surface area contributed by atoms with Gasteiger partial charge in [-0.25, -0.2) is 15.0 Å². The van der Waals surface area contributed by atoms with Gasteiger partial charge in [0.25, 0.3) is 0 Å². The summed E-state index contributed by atoms with van der Waals surface area (Å²) >= 11 is 0. The summed E-state index contributed by atoms with van der Waals surface area (Å²) in [6, 6.07) is 10.1. The van der Waals surface area contributed by atoms with Crippen molar-refractivity contribution in [3.63, 3.8) is 0 Å². The fraction of sp³-hybridized carbons (Fsp3) is 0.250. The van der Waals surface area contributed by atoms with Crippen LogP contribution in [0.2, 0.25) is 0 Å². The molecule has 5 rings (SSSR count). The summed E-state index contributed by atoms with van der Waals surface area (Å²) in [4.78, 5) is 17.7. The third-order valence-electron chi connectivity index (χ3n) is 5.00. The van der Waals surface area contributed by atoms with E-state index < -0.39 is 5.44 Å². The highest BCUT2D eigenvalue weighted by atomic mass is 16.3. The summed E-state index contributed by atoms with van der Waals surface area (Å²) in [6.07, 6.45) is 5.06. The van der Waals surface area contributed by atoms with Crippen LogP contribution in [0.4, 0.5) is 17.3 Å². The van der Waals surface area contributed by atoms with Gasteiger partial charge in [-0.2, -0.15) is 0 Å². The number of nitrogens with zero attached hydrogens (tertiary/aromatic N) is 5. The first-order chi connectivity index (χ1) is 13.0. The summed E-state index contributed by atoms with van der Waals surface area (Å²) in [6.45, 7) is 6.03. The molecule has 4 aromatic rings. The minimum atomic E-state index is -0.595. The Bertz CT molecular complexity index is 1170. The third-order valence-corrected chi connectivity index (χ3v) is 5.00. The Balaban J connectivity index is 1.78.